The third-order valence-corrected chi connectivity index (χ3v) is 5.39. The number of nitrogens with one attached hydrogen (secondary N) is 1. The molecule has 1 N–H and O–H groups in total. The smallest absolute Gasteiger partial charge is 0.282 e. The first-order valence-electron chi connectivity index (χ1n) is 9.49. The molecule has 5 nitrogen and oxygen atoms in total. The van der Waals surface area contributed by atoms with Gasteiger partial charge in [0.15, 0.2) is 0 Å². The molecule has 5 rings (SSSR count). The predicted molar refractivity (Wildman–Crippen MR) is 119 cm³/mol. The number of aromatic nitrogens is 4. The second kappa shape index (κ2) is 7.28. The summed E-state index contributed by atoms with van der Waals surface area (Å²) in [6.07, 6.45) is 5.32. The van der Waals surface area contributed by atoms with Crippen LogP contribution in [0.1, 0.15) is 5.69 Å². The molecule has 146 valence electrons. The normalized spacial score (nSPS) is 11.1. The van der Waals surface area contributed by atoms with Gasteiger partial charge in [-0.15, -0.1) is 0 Å². The fourth-order valence-corrected chi connectivity index (χ4v) is 3.78. The fourth-order valence-electron chi connectivity index (χ4n) is 3.66. The SMILES string of the molecule is Cc1[nH]cc2c(=O)n(-c3ccc(Cl)cc3)nc-2c1-c1cccc(-c2cccnc2)c1. The molecule has 0 unspecified atom stereocenters. The predicted octanol–water partition coefficient (Wildman–Crippen LogP) is 5.36. The molecular weight excluding hydrogens is 396 g/mol. The zero-order chi connectivity index (χ0) is 20.7. The van der Waals surface area contributed by atoms with Gasteiger partial charge < -0.3 is 4.98 Å². The Bertz CT molecular complexity index is 1370. The van der Waals surface area contributed by atoms with Crippen molar-refractivity contribution in [2.45, 2.75) is 6.92 Å². The maximum absolute atomic E-state index is 13.0. The van der Waals surface area contributed by atoms with Crippen LogP contribution in [0.25, 0.3) is 39.2 Å². The highest BCUT2D eigenvalue weighted by molar-refractivity contribution is 6.30. The Morgan fingerprint density at radius 3 is 2.50 bits per heavy atom. The van der Waals surface area contributed by atoms with E-state index >= 15 is 0 Å². The average Bonchev–Trinajstić information content (AvgIpc) is 3.11. The summed E-state index contributed by atoms with van der Waals surface area (Å²) < 4.78 is 1.42. The van der Waals surface area contributed by atoms with Crippen molar-refractivity contribution in [3.63, 3.8) is 0 Å². The summed E-state index contributed by atoms with van der Waals surface area (Å²) in [5.74, 6) is 0. The molecule has 3 heterocycles. The van der Waals surface area contributed by atoms with Crippen LogP contribution in [-0.2, 0) is 0 Å². The average molecular weight is 413 g/mol. The molecule has 2 aliphatic heterocycles. The number of aromatic amines is 1. The van der Waals surface area contributed by atoms with Crippen LogP contribution in [0.15, 0.2) is 84.0 Å². The van der Waals surface area contributed by atoms with Crippen LogP contribution in [0.4, 0.5) is 0 Å². The summed E-state index contributed by atoms with van der Waals surface area (Å²) in [5, 5.41) is 5.29. The van der Waals surface area contributed by atoms with Gasteiger partial charge in [0, 0.05) is 40.4 Å². The summed E-state index contributed by atoms with van der Waals surface area (Å²) in [6, 6.07) is 19.2. The summed E-state index contributed by atoms with van der Waals surface area (Å²) in [5.41, 5.74) is 6.61. The zero-order valence-corrected chi connectivity index (χ0v) is 16.9. The molecule has 2 aliphatic rings. The van der Waals surface area contributed by atoms with Crippen LogP contribution in [0.5, 0.6) is 0 Å². The van der Waals surface area contributed by atoms with E-state index in [1.165, 1.54) is 4.68 Å². The van der Waals surface area contributed by atoms with Crippen molar-refractivity contribution in [3.05, 3.63) is 100 Å². The number of aryl methyl sites for hydroxylation is 1. The Morgan fingerprint density at radius 1 is 0.967 bits per heavy atom. The summed E-state index contributed by atoms with van der Waals surface area (Å²) in [6.45, 7) is 1.98. The number of H-pyrrole nitrogens is 1. The molecule has 0 radical (unpaired) electrons. The lowest BCUT2D eigenvalue weighted by Gasteiger charge is -2.11. The summed E-state index contributed by atoms with van der Waals surface area (Å²) in [4.78, 5) is 20.5. The highest BCUT2D eigenvalue weighted by Gasteiger charge is 2.22. The van der Waals surface area contributed by atoms with Gasteiger partial charge in [0.05, 0.1) is 11.3 Å². The minimum absolute atomic E-state index is 0.173. The maximum Gasteiger partial charge on any atom is 0.282 e. The molecule has 0 atom stereocenters. The lowest BCUT2D eigenvalue weighted by molar-refractivity contribution is 0.858. The van der Waals surface area contributed by atoms with Gasteiger partial charge in [-0.05, 0) is 54.4 Å². The Kier molecular flexibility index (Phi) is 4.45. The van der Waals surface area contributed by atoms with E-state index < -0.39 is 0 Å². The topological polar surface area (TPSA) is 63.6 Å². The van der Waals surface area contributed by atoms with Crippen molar-refractivity contribution in [3.8, 4) is 39.2 Å². The highest BCUT2D eigenvalue weighted by Crippen LogP contribution is 2.34. The Labute approximate surface area is 178 Å². The van der Waals surface area contributed by atoms with Gasteiger partial charge in [-0.3, -0.25) is 9.78 Å². The van der Waals surface area contributed by atoms with Crippen LogP contribution in [0, 0.1) is 6.92 Å². The fraction of sp³-hybridized carbons (Fsp3) is 0.0417. The second-order valence-corrected chi connectivity index (χ2v) is 7.50. The van der Waals surface area contributed by atoms with E-state index in [0.717, 1.165) is 27.9 Å². The number of hydrogen-bond donors (Lipinski definition) is 1. The first-order chi connectivity index (χ1) is 14.6. The third kappa shape index (κ3) is 3.09. The first kappa shape index (κ1) is 18.3. The molecule has 0 bridgehead atoms. The molecule has 0 fully saturated rings. The summed E-state index contributed by atoms with van der Waals surface area (Å²) in [7, 11) is 0. The molecule has 0 spiro atoms. The molecule has 3 aromatic rings. The monoisotopic (exact) mass is 412 g/mol. The molecule has 0 amide bonds. The van der Waals surface area contributed by atoms with Crippen molar-refractivity contribution in [1.29, 1.82) is 0 Å². The van der Waals surface area contributed by atoms with E-state index in [1.807, 2.05) is 43.5 Å². The van der Waals surface area contributed by atoms with Crippen LogP contribution in [0.3, 0.4) is 0 Å². The number of hydrogen-bond acceptors (Lipinski definition) is 3. The molecule has 0 saturated carbocycles. The van der Waals surface area contributed by atoms with Crippen molar-refractivity contribution < 1.29 is 0 Å². The van der Waals surface area contributed by atoms with Gasteiger partial charge in [-0.2, -0.15) is 9.78 Å². The molecular formula is C24H17ClN4O. The van der Waals surface area contributed by atoms with Crippen molar-refractivity contribution in [2.75, 3.05) is 0 Å². The van der Waals surface area contributed by atoms with E-state index in [0.29, 0.717) is 22.0 Å². The Hall–Kier alpha value is -3.70. The maximum atomic E-state index is 13.0. The van der Waals surface area contributed by atoms with E-state index in [9.17, 15) is 4.79 Å². The van der Waals surface area contributed by atoms with Gasteiger partial charge in [-0.1, -0.05) is 35.9 Å². The van der Waals surface area contributed by atoms with Crippen molar-refractivity contribution >= 4 is 11.6 Å². The molecule has 2 aromatic carbocycles. The zero-order valence-electron chi connectivity index (χ0n) is 16.1. The van der Waals surface area contributed by atoms with Crippen LogP contribution >= 0.6 is 11.6 Å². The number of rotatable bonds is 3. The molecule has 6 heteroatoms. The highest BCUT2D eigenvalue weighted by atomic mass is 35.5. The van der Waals surface area contributed by atoms with Crippen molar-refractivity contribution in [1.82, 2.24) is 19.7 Å². The standard InChI is InChI=1S/C24H17ClN4O/c1-15-22(17-5-2-4-16(12-17)18-6-3-11-26-13-18)23-21(14-27-15)24(30)29(28-23)20-9-7-19(25)8-10-20/h2-14,27H,1H3. The Balaban J connectivity index is 1.70. The van der Waals surface area contributed by atoms with Crippen LogP contribution < -0.4 is 5.56 Å². The van der Waals surface area contributed by atoms with Gasteiger partial charge >= 0.3 is 0 Å². The van der Waals surface area contributed by atoms with Gasteiger partial charge in [0.2, 0.25) is 0 Å². The van der Waals surface area contributed by atoms with Crippen LogP contribution in [0.2, 0.25) is 5.02 Å². The third-order valence-electron chi connectivity index (χ3n) is 5.14. The van der Waals surface area contributed by atoms with E-state index in [-0.39, 0.29) is 5.56 Å². The molecule has 30 heavy (non-hydrogen) atoms. The molecule has 0 saturated heterocycles. The van der Waals surface area contributed by atoms with Gasteiger partial charge in [0.25, 0.3) is 5.56 Å². The van der Waals surface area contributed by atoms with Gasteiger partial charge in [-0.25, -0.2) is 0 Å². The molecule has 1 aromatic heterocycles. The van der Waals surface area contributed by atoms with Crippen molar-refractivity contribution in [2.24, 2.45) is 0 Å². The second-order valence-electron chi connectivity index (χ2n) is 7.07. The number of halogens is 1. The first-order valence-corrected chi connectivity index (χ1v) is 9.87. The van der Waals surface area contributed by atoms with E-state index in [2.05, 4.69) is 21.1 Å². The number of pyridine rings is 2. The largest absolute Gasteiger partial charge is 0.364 e. The number of benzene rings is 2. The summed E-state index contributed by atoms with van der Waals surface area (Å²) >= 11 is 5.99. The minimum Gasteiger partial charge on any atom is -0.364 e. The lowest BCUT2D eigenvalue weighted by atomic mass is 9.96. The van der Waals surface area contributed by atoms with E-state index in [1.54, 1.807) is 36.7 Å². The number of nitrogens with zero attached hydrogens (tertiary/aromatic N) is 3. The molecule has 0 aliphatic carbocycles. The van der Waals surface area contributed by atoms with E-state index in [4.69, 9.17) is 11.6 Å². The van der Waals surface area contributed by atoms with Gasteiger partial charge in [0.1, 0.15) is 5.69 Å². The quantitative estimate of drug-likeness (QED) is 0.434. The Morgan fingerprint density at radius 2 is 1.73 bits per heavy atom. The van der Waals surface area contributed by atoms with Crippen LogP contribution in [-0.4, -0.2) is 19.7 Å². The lowest BCUT2D eigenvalue weighted by Crippen LogP contribution is -2.14. The minimum atomic E-state index is -0.173. The number of fused-ring (bicyclic) bond motifs is 1.